The molecule has 1 N–H and O–H groups in total. The summed E-state index contributed by atoms with van der Waals surface area (Å²) in [6, 6.07) is 6.09. The molecule has 1 aliphatic carbocycles. The van der Waals surface area contributed by atoms with Gasteiger partial charge in [-0.25, -0.2) is 0 Å². The summed E-state index contributed by atoms with van der Waals surface area (Å²) in [6.07, 6.45) is 2.16. The molecule has 0 saturated heterocycles. The first-order valence-corrected chi connectivity index (χ1v) is 6.20. The Labute approximate surface area is 115 Å². The van der Waals surface area contributed by atoms with E-state index in [0.717, 1.165) is 12.8 Å². The first-order chi connectivity index (χ1) is 9.10. The minimum atomic E-state index is -0.525. The van der Waals surface area contributed by atoms with Gasteiger partial charge in [0.2, 0.25) is 0 Å². The van der Waals surface area contributed by atoms with Gasteiger partial charge >= 0.3 is 0 Å². The van der Waals surface area contributed by atoms with E-state index < -0.39 is 11.0 Å². The van der Waals surface area contributed by atoms with Crippen molar-refractivity contribution in [2.24, 2.45) is 0 Å². The zero-order valence-electron chi connectivity index (χ0n) is 10.0. The van der Waals surface area contributed by atoms with Gasteiger partial charge in [-0.15, -0.1) is 0 Å². The fourth-order valence-electron chi connectivity index (χ4n) is 1.55. The lowest BCUT2D eigenvalue weighted by Crippen LogP contribution is -2.34. The third-order valence-corrected chi connectivity index (χ3v) is 3.00. The van der Waals surface area contributed by atoms with Gasteiger partial charge in [0.15, 0.2) is 0 Å². The van der Waals surface area contributed by atoms with E-state index in [1.54, 1.807) is 0 Å². The van der Waals surface area contributed by atoms with Crippen LogP contribution in [-0.2, 0) is 0 Å². The smallest absolute Gasteiger partial charge is 0.271 e. The second-order valence-corrected chi connectivity index (χ2v) is 4.71. The normalized spacial score (nSPS) is 15.6. The van der Waals surface area contributed by atoms with E-state index in [9.17, 15) is 10.1 Å². The van der Waals surface area contributed by atoms with Crippen molar-refractivity contribution in [3.8, 4) is 11.8 Å². The topological polar surface area (TPSA) is 88.2 Å². The van der Waals surface area contributed by atoms with E-state index in [1.807, 2.05) is 0 Å². The Bertz CT molecular complexity index is 525. The molecule has 1 unspecified atom stereocenters. The molecule has 1 aromatic rings. The summed E-state index contributed by atoms with van der Waals surface area (Å²) in [6.45, 7) is 0.157. The molecule has 100 valence electrons. The van der Waals surface area contributed by atoms with Crippen molar-refractivity contribution in [3.63, 3.8) is 0 Å². The number of hydrogen-bond acceptors (Lipinski definition) is 5. The Kier molecular flexibility index (Phi) is 4.20. The standard InChI is InChI=1S/C12H12ClN3O3/c13-11-5-10(16(17)18)3-4-12(11)19-7-9(6-14)15-8-1-2-8/h3-5,8-9,15H,1-2,7H2. The summed E-state index contributed by atoms with van der Waals surface area (Å²) >= 11 is 5.89. The van der Waals surface area contributed by atoms with Gasteiger partial charge in [-0.05, 0) is 18.9 Å². The van der Waals surface area contributed by atoms with E-state index in [1.165, 1.54) is 18.2 Å². The summed E-state index contributed by atoms with van der Waals surface area (Å²) < 4.78 is 5.41. The minimum Gasteiger partial charge on any atom is -0.489 e. The molecule has 0 aromatic heterocycles. The van der Waals surface area contributed by atoms with Gasteiger partial charge < -0.3 is 4.74 Å². The molecule has 19 heavy (non-hydrogen) atoms. The Balaban J connectivity index is 1.94. The van der Waals surface area contributed by atoms with Crippen LogP contribution in [0.1, 0.15) is 12.8 Å². The van der Waals surface area contributed by atoms with Crippen LogP contribution < -0.4 is 10.1 Å². The molecule has 0 aliphatic heterocycles. The molecule has 0 amide bonds. The molecular weight excluding hydrogens is 270 g/mol. The summed E-state index contributed by atoms with van der Waals surface area (Å²) in [4.78, 5) is 10.0. The van der Waals surface area contributed by atoms with Gasteiger partial charge in [0.1, 0.15) is 18.4 Å². The quantitative estimate of drug-likeness (QED) is 0.638. The summed E-state index contributed by atoms with van der Waals surface area (Å²) in [5, 5.41) is 22.8. The van der Waals surface area contributed by atoms with Crippen LogP contribution in [0.2, 0.25) is 5.02 Å². The molecule has 0 radical (unpaired) electrons. The fourth-order valence-corrected chi connectivity index (χ4v) is 1.78. The number of ether oxygens (including phenoxy) is 1. The predicted molar refractivity (Wildman–Crippen MR) is 69.2 cm³/mol. The summed E-state index contributed by atoms with van der Waals surface area (Å²) in [5.74, 6) is 0.338. The highest BCUT2D eigenvalue weighted by molar-refractivity contribution is 6.32. The van der Waals surface area contributed by atoms with Gasteiger partial charge in [-0.3, -0.25) is 15.4 Å². The molecule has 0 spiro atoms. The number of nitriles is 1. The predicted octanol–water partition coefficient (Wildman–Crippen LogP) is 2.27. The maximum atomic E-state index is 10.6. The number of halogens is 1. The first kappa shape index (κ1) is 13.6. The molecule has 1 aliphatic rings. The van der Waals surface area contributed by atoms with E-state index in [0.29, 0.717) is 11.8 Å². The number of rotatable bonds is 6. The average molecular weight is 282 g/mol. The van der Waals surface area contributed by atoms with Crippen LogP contribution in [0.4, 0.5) is 5.69 Å². The number of nitro groups is 1. The Morgan fingerprint density at radius 1 is 1.63 bits per heavy atom. The van der Waals surface area contributed by atoms with Gasteiger partial charge in [0, 0.05) is 18.2 Å². The van der Waals surface area contributed by atoms with Crippen LogP contribution in [0.15, 0.2) is 18.2 Å². The van der Waals surface area contributed by atoms with E-state index >= 15 is 0 Å². The first-order valence-electron chi connectivity index (χ1n) is 5.82. The Morgan fingerprint density at radius 2 is 2.37 bits per heavy atom. The number of hydrogen-bond donors (Lipinski definition) is 1. The van der Waals surface area contributed by atoms with Crippen molar-refractivity contribution in [1.29, 1.82) is 5.26 Å². The Hall–Kier alpha value is -1.84. The zero-order chi connectivity index (χ0) is 13.8. The van der Waals surface area contributed by atoms with Gasteiger partial charge in [0.25, 0.3) is 5.69 Å². The van der Waals surface area contributed by atoms with Crippen molar-refractivity contribution in [2.75, 3.05) is 6.61 Å². The maximum absolute atomic E-state index is 10.6. The highest BCUT2D eigenvalue weighted by atomic mass is 35.5. The maximum Gasteiger partial charge on any atom is 0.271 e. The number of non-ortho nitro benzene ring substituents is 1. The van der Waals surface area contributed by atoms with Crippen molar-refractivity contribution in [3.05, 3.63) is 33.3 Å². The van der Waals surface area contributed by atoms with Crippen molar-refractivity contribution >= 4 is 17.3 Å². The largest absolute Gasteiger partial charge is 0.489 e. The lowest BCUT2D eigenvalue weighted by atomic mass is 10.3. The number of nitro benzene ring substituents is 1. The summed E-state index contributed by atoms with van der Waals surface area (Å²) in [7, 11) is 0. The number of nitrogens with one attached hydrogen (secondary N) is 1. The van der Waals surface area contributed by atoms with Crippen LogP contribution >= 0.6 is 11.6 Å². The molecule has 1 fully saturated rings. The van der Waals surface area contributed by atoms with E-state index in [-0.39, 0.29) is 17.3 Å². The number of benzene rings is 1. The minimum absolute atomic E-state index is 0.0923. The fraction of sp³-hybridized carbons (Fsp3) is 0.417. The van der Waals surface area contributed by atoms with Crippen LogP contribution in [0.3, 0.4) is 0 Å². The average Bonchev–Trinajstić information content (AvgIpc) is 3.19. The molecule has 1 aromatic carbocycles. The molecule has 6 nitrogen and oxygen atoms in total. The summed E-state index contributed by atoms with van der Waals surface area (Å²) in [5.41, 5.74) is -0.0923. The number of nitrogens with zero attached hydrogens (tertiary/aromatic N) is 2. The van der Waals surface area contributed by atoms with Crippen molar-refractivity contribution in [1.82, 2.24) is 5.32 Å². The van der Waals surface area contributed by atoms with E-state index in [2.05, 4.69) is 11.4 Å². The highest BCUT2D eigenvalue weighted by Crippen LogP contribution is 2.28. The van der Waals surface area contributed by atoms with Crippen LogP contribution in [0.25, 0.3) is 0 Å². The second kappa shape index (κ2) is 5.87. The molecular formula is C12H12ClN3O3. The SMILES string of the molecule is N#CC(COc1ccc([N+](=O)[O-])cc1Cl)NC1CC1. The van der Waals surface area contributed by atoms with Gasteiger partial charge in [-0.2, -0.15) is 5.26 Å². The highest BCUT2D eigenvalue weighted by Gasteiger charge is 2.24. The third-order valence-electron chi connectivity index (χ3n) is 2.70. The monoisotopic (exact) mass is 281 g/mol. The van der Waals surface area contributed by atoms with Crippen LogP contribution in [0, 0.1) is 21.4 Å². The Morgan fingerprint density at radius 3 is 2.89 bits per heavy atom. The lowest BCUT2D eigenvalue weighted by molar-refractivity contribution is -0.384. The van der Waals surface area contributed by atoms with Gasteiger partial charge in [-0.1, -0.05) is 11.6 Å². The molecule has 1 atom stereocenters. The van der Waals surface area contributed by atoms with Crippen LogP contribution in [0.5, 0.6) is 5.75 Å². The van der Waals surface area contributed by atoms with E-state index in [4.69, 9.17) is 21.6 Å². The zero-order valence-corrected chi connectivity index (χ0v) is 10.8. The van der Waals surface area contributed by atoms with Crippen LogP contribution in [-0.4, -0.2) is 23.6 Å². The molecule has 2 rings (SSSR count). The second-order valence-electron chi connectivity index (χ2n) is 4.31. The molecule has 0 heterocycles. The van der Waals surface area contributed by atoms with Crippen molar-refractivity contribution in [2.45, 2.75) is 24.9 Å². The molecule has 7 heteroatoms. The third kappa shape index (κ3) is 3.81. The molecule has 1 saturated carbocycles. The molecule has 0 bridgehead atoms. The lowest BCUT2D eigenvalue weighted by Gasteiger charge is -2.13. The van der Waals surface area contributed by atoms with Gasteiger partial charge in [0.05, 0.1) is 16.0 Å². The van der Waals surface area contributed by atoms with Crippen molar-refractivity contribution < 1.29 is 9.66 Å².